The van der Waals surface area contributed by atoms with Gasteiger partial charge in [-0.1, -0.05) is 250 Å². The average molecular weight is 1070 g/mol. The molecule has 0 aromatic heterocycles. The van der Waals surface area contributed by atoms with Crippen LogP contribution in [0.1, 0.15) is 264 Å². The van der Waals surface area contributed by atoms with Crippen molar-refractivity contribution < 1.29 is 64.6 Å². The molecule has 2 saturated heterocycles. The minimum atomic E-state index is -1.79. The van der Waals surface area contributed by atoms with Crippen molar-refractivity contribution in [3.8, 4) is 0 Å². The van der Waals surface area contributed by atoms with Crippen LogP contribution in [0.3, 0.4) is 0 Å². The second kappa shape index (κ2) is 47.3. The quantitative estimate of drug-likeness (QED) is 0.0204. The van der Waals surface area contributed by atoms with E-state index in [9.17, 15) is 45.6 Å². The van der Waals surface area contributed by atoms with Crippen molar-refractivity contribution in [2.75, 3.05) is 19.8 Å². The second-order valence-corrected chi connectivity index (χ2v) is 22.2. The Hall–Kier alpha value is -1.53. The van der Waals surface area contributed by atoms with Crippen molar-refractivity contribution in [3.63, 3.8) is 0 Å². The Morgan fingerprint density at radius 3 is 1.31 bits per heavy atom. The molecule has 0 spiro atoms. The van der Waals surface area contributed by atoms with Crippen molar-refractivity contribution >= 4 is 5.91 Å². The maximum Gasteiger partial charge on any atom is 0.220 e. The van der Waals surface area contributed by atoms with E-state index in [0.29, 0.717) is 12.8 Å². The van der Waals surface area contributed by atoms with Crippen LogP contribution in [0.4, 0.5) is 0 Å². The minimum Gasteiger partial charge on any atom is -0.394 e. The van der Waals surface area contributed by atoms with E-state index in [1.54, 1.807) is 6.08 Å². The monoisotopic (exact) mass is 1070 g/mol. The van der Waals surface area contributed by atoms with Gasteiger partial charge in [-0.2, -0.15) is 0 Å². The smallest absolute Gasteiger partial charge is 0.220 e. The van der Waals surface area contributed by atoms with Crippen LogP contribution in [-0.2, 0) is 23.7 Å². The van der Waals surface area contributed by atoms with E-state index in [1.807, 2.05) is 6.08 Å². The first-order valence-electron chi connectivity index (χ1n) is 31.1. The lowest BCUT2D eigenvalue weighted by atomic mass is 9.97. The predicted molar refractivity (Wildman–Crippen MR) is 300 cm³/mol. The molecule has 0 aromatic carbocycles. The summed E-state index contributed by atoms with van der Waals surface area (Å²) in [5.74, 6) is -0.244. The summed E-state index contributed by atoms with van der Waals surface area (Å²) < 4.78 is 22.8. The summed E-state index contributed by atoms with van der Waals surface area (Å²) in [5.41, 5.74) is 0. The first kappa shape index (κ1) is 69.6. The Morgan fingerprint density at radius 1 is 0.467 bits per heavy atom. The number of aliphatic hydroxyl groups is 8. The number of aliphatic hydroxyl groups excluding tert-OH is 8. The van der Waals surface area contributed by atoms with Gasteiger partial charge >= 0.3 is 0 Å². The van der Waals surface area contributed by atoms with E-state index in [4.69, 9.17) is 18.9 Å². The molecule has 0 aliphatic carbocycles. The van der Waals surface area contributed by atoms with Crippen molar-refractivity contribution in [2.24, 2.45) is 0 Å². The highest BCUT2D eigenvalue weighted by Gasteiger charge is 2.51. The standard InChI is InChI=1S/C61H115NO13/c1-3-5-7-9-11-13-15-17-19-21-23-25-27-29-31-33-35-37-39-41-43-45-53(66)62-49(50(65)44-42-40-38-36-34-32-30-28-26-24-22-20-18-16-14-12-10-8-6-4-2)48-72-60-58(71)56(69)59(52(47-64)74-60)75-61-57(70)55(68)54(67)51(46-63)73-61/h34,36,42,44,49-52,54-61,63-65,67-71H,3-33,35,37-41,43,45-48H2,1-2H3,(H,62,66)/b36-34+,44-42+. The van der Waals surface area contributed by atoms with Gasteiger partial charge in [0, 0.05) is 6.42 Å². The van der Waals surface area contributed by atoms with E-state index in [0.717, 1.165) is 32.1 Å². The largest absolute Gasteiger partial charge is 0.394 e. The third-order valence-electron chi connectivity index (χ3n) is 15.4. The minimum absolute atomic E-state index is 0.244. The molecule has 1 amide bonds. The fourth-order valence-corrected chi connectivity index (χ4v) is 10.4. The highest BCUT2D eigenvalue weighted by molar-refractivity contribution is 5.76. The second-order valence-electron chi connectivity index (χ2n) is 22.2. The number of nitrogens with one attached hydrogen (secondary N) is 1. The molecule has 14 nitrogen and oxygen atoms in total. The number of hydrogen-bond donors (Lipinski definition) is 9. The molecule has 2 rings (SSSR count). The number of carbonyl (C=O) groups is 1. The topological polar surface area (TPSA) is 228 Å². The summed E-state index contributed by atoms with van der Waals surface area (Å²) in [7, 11) is 0. The number of carbonyl (C=O) groups excluding carboxylic acids is 1. The Morgan fingerprint density at radius 2 is 0.853 bits per heavy atom. The van der Waals surface area contributed by atoms with Gasteiger partial charge in [0.1, 0.15) is 48.8 Å². The molecule has 75 heavy (non-hydrogen) atoms. The SMILES string of the molecule is CCCCCCCCCCCCCCCC/C=C/CC/C=C/C(O)C(COC1OC(CO)C(OC2OC(CO)C(O)C(O)C2O)C(O)C1O)NC(=O)CCCCCCCCCCCCCCCCCCCCCCC. The van der Waals surface area contributed by atoms with Crippen LogP contribution in [-0.4, -0.2) is 140 Å². The third-order valence-corrected chi connectivity index (χ3v) is 15.4. The van der Waals surface area contributed by atoms with Crippen LogP contribution >= 0.6 is 0 Å². The highest BCUT2D eigenvalue weighted by Crippen LogP contribution is 2.30. The summed E-state index contributed by atoms with van der Waals surface area (Å²) in [5, 5.41) is 87.1. The lowest BCUT2D eigenvalue weighted by molar-refractivity contribution is -0.359. The summed E-state index contributed by atoms with van der Waals surface area (Å²) in [4.78, 5) is 13.3. The Balaban J connectivity index is 1.76. The predicted octanol–water partition coefficient (Wildman–Crippen LogP) is 10.8. The van der Waals surface area contributed by atoms with E-state index in [-0.39, 0.29) is 18.9 Å². The number of allylic oxidation sites excluding steroid dienone is 3. The zero-order valence-corrected chi connectivity index (χ0v) is 47.6. The molecule has 442 valence electrons. The van der Waals surface area contributed by atoms with Gasteiger partial charge in [-0.15, -0.1) is 0 Å². The maximum atomic E-state index is 13.3. The van der Waals surface area contributed by atoms with Crippen molar-refractivity contribution in [3.05, 3.63) is 24.3 Å². The molecule has 2 heterocycles. The number of amides is 1. The molecule has 0 saturated carbocycles. The zero-order chi connectivity index (χ0) is 54.6. The molecule has 14 heteroatoms. The molecule has 2 aliphatic heterocycles. The summed E-state index contributed by atoms with van der Waals surface area (Å²) in [6, 6.07) is -0.928. The molecule has 2 aliphatic rings. The summed E-state index contributed by atoms with van der Waals surface area (Å²) in [6.07, 6.45) is 39.3. The van der Waals surface area contributed by atoms with Gasteiger partial charge in [0.25, 0.3) is 0 Å². The normalized spacial score (nSPS) is 25.1. The van der Waals surface area contributed by atoms with E-state index < -0.39 is 86.8 Å². The summed E-state index contributed by atoms with van der Waals surface area (Å²) >= 11 is 0. The van der Waals surface area contributed by atoms with Crippen LogP contribution in [0, 0.1) is 0 Å². The van der Waals surface area contributed by atoms with Crippen LogP contribution in [0.2, 0.25) is 0 Å². The third kappa shape index (κ3) is 33.0. The van der Waals surface area contributed by atoms with Gasteiger partial charge in [0.05, 0.1) is 32.0 Å². The molecule has 0 radical (unpaired) electrons. The first-order chi connectivity index (χ1) is 36.6. The molecule has 0 aromatic rings. The van der Waals surface area contributed by atoms with Gasteiger partial charge in [0.2, 0.25) is 5.91 Å². The number of ether oxygens (including phenoxy) is 4. The highest BCUT2D eigenvalue weighted by atomic mass is 16.7. The lowest BCUT2D eigenvalue weighted by Gasteiger charge is -2.46. The van der Waals surface area contributed by atoms with Gasteiger partial charge in [-0.25, -0.2) is 0 Å². The van der Waals surface area contributed by atoms with Crippen LogP contribution in [0.5, 0.6) is 0 Å². The van der Waals surface area contributed by atoms with Gasteiger partial charge < -0.3 is 65.1 Å². The molecule has 12 unspecified atom stereocenters. The maximum absolute atomic E-state index is 13.3. The average Bonchev–Trinajstić information content (AvgIpc) is 3.41. The number of hydrogen-bond acceptors (Lipinski definition) is 13. The number of rotatable bonds is 50. The Bertz CT molecular complexity index is 1350. The van der Waals surface area contributed by atoms with Gasteiger partial charge in [0.15, 0.2) is 12.6 Å². The van der Waals surface area contributed by atoms with E-state index >= 15 is 0 Å². The fourth-order valence-electron chi connectivity index (χ4n) is 10.4. The fraction of sp³-hybridized carbons (Fsp3) is 0.918. The first-order valence-corrected chi connectivity index (χ1v) is 31.1. The molecule has 9 N–H and O–H groups in total. The van der Waals surface area contributed by atoms with Gasteiger partial charge in [-0.05, 0) is 32.1 Å². The Labute approximate surface area is 456 Å². The van der Waals surface area contributed by atoms with E-state index in [1.165, 1.54) is 199 Å². The molecular formula is C61H115NO13. The Kier molecular flexibility index (Phi) is 43.9. The van der Waals surface area contributed by atoms with Crippen molar-refractivity contribution in [1.29, 1.82) is 0 Å². The summed E-state index contributed by atoms with van der Waals surface area (Å²) in [6.45, 7) is 2.82. The van der Waals surface area contributed by atoms with E-state index in [2.05, 4.69) is 31.3 Å². The molecular weight excluding hydrogens is 955 g/mol. The molecule has 2 fully saturated rings. The molecule has 12 atom stereocenters. The number of unbranched alkanes of at least 4 members (excludes halogenated alkanes) is 35. The van der Waals surface area contributed by atoms with Crippen LogP contribution in [0.25, 0.3) is 0 Å². The van der Waals surface area contributed by atoms with Crippen LogP contribution in [0.15, 0.2) is 24.3 Å². The van der Waals surface area contributed by atoms with Crippen molar-refractivity contribution in [1.82, 2.24) is 5.32 Å². The van der Waals surface area contributed by atoms with Gasteiger partial charge in [-0.3, -0.25) is 4.79 Å². The zero-order valence-electron chi connectivity index (χ0n) is 47.6. The van der Waals surface area contributed by atoms with Crippen LogP contribution < -0.4 is 5.32 Å². The lowest BCUT2D eigenvalue weighted by Crippen LogP contribution is -2.65. The van der Waals surface area contributed by atoms with Crippen molar-refractivity contribution in [2.45, 2.75) is 338 Å². The molecule has 0 bridgehead atoms.